The third kappa shape index (κ3) is 6.37. The minimum atomic E-state index is -0.626. The molecular weight excluding hydrogens is 422 g/mol. The van der Waals surface area contributed by atoms with Crippen LogP contribution in [-0.2, 0) is 18.5 Å². The maximum atomic E-state index is 10.7. The van der Waals surface area contributed by atoms with Crippen LogP contribution in [0.25, 0.3) is 0 Å². The van der Waals surface area contributed by atoms with Gasteiger partial charge in [0, 0.05) is 18.5 Å². The Kier molecular flexibility index (Phi) is 7.84. The zero-order valence-electron chi connectivity index (χ0n) is 19.9. The second-order valence-electron chi connectivity index (χ2n) is 9.21. The molecule has 0 radical (unpaired) electrons. The van der Waals surface area contributed by atoms with Gasteiger partial charge in [0.05, 0.1) is 12.8 Å². The SMILES string of the molecule is CC(C)(c1ccccc1)c1ccc(OCC(O)CN(Cc2ccccc2)Cc2ccco2)cc1. The number of aliphatic hydroxyl groups excluding tert-OH is 1. The van der Waals surface area contributed by atoms with Crippen LogP contribution in [0.5, 0.6) is 5.75 Å². The monoisotopic (exact) mass is 455 g/mol. The first-order valence-corrected chi connectivity index (χ1v) is 11.8. The Morgan fingerprint density at radius 1 is 0.794 bits per heavy atom. The Bertz CT molecular complexity index is 1110. The van der Waals surface area contributed by atoms with Crippen molar-refractivity contribution >= 4 is 0 Å². The zero-order chi connectivity index (χ0) is 23.8. The van der Waals surface area contributed by atoms with Crippen molar-refractivity contribution in [3.63, 3.8) is 0 Å². The van der Waals surface area contributed by atoms with E-state index < -0.39 is 6.10 Å². The largest absolute Gasteiger partial charge is 0.491 e. The Balaban J connectivity index is 1.34. The third-order valence-corrected chi connectivity index (χ3v) is 6.19. The van der Waals surface area contributed by atoms with Crippen molar-refractivity contribution in [2.24, 2.45) is 0 Å². The number of hydrogen-bond acceptors (Lipinski definition) is 4. The standard InChI is InChI=1S/C30H33NO3/c1-30(2,25-12-7-4-8-13-25)26-15-17-28(18-16-26)34-23-27(32)21-31(22-29-14-9-19-33-29)20-24-10-5-3-6-11-24/h3-19,27,32H,20-23H2,1-2H3. The molecule has 4 rings (SSSR count). The van der Waals surface area contributed by atoms with Crippen molar-refractivity contribution in [1.29, 1.82) is 0 Å². The maximum absolute atomic E-state index is 10.7. The van der Waals surface area contributed by atoms with Crippen molar-refractivity contribution in [3.05, 3.63) is 126 Å². The van der Waals surface area contributed by atoms with Gasteiger partial charge in [-0.1, -0.05) is 86.6 Å². The molecule has 1 atom stereocenters. The molecular formula is C30H33NO3. The summed E-state index contributed by atoms with van der Waals surface area (Å²) in [4.78, 5) is 2.17. The van der Waals surface area contributed by atoms with Gasteiger partial charge in [-0.3, -0.25) is 4.90 Å². The quantitative estimate of drug-likeness (QED) is 0.299. The molecule has 1 heterocycles. The zero-order valence-corrected chi connectivity index (χ0v) is 19.9. The third-order valence-electron chi connectivity index (χ3n) is 6.19. The highest BCUT2D eigenvalue weighted by Crippen LogP contribution is 2.32. The van der Waals surface area contributed by atoms with Gasteiger partial charge in [0.2, 0.25) is 0 Å². The van der Waals surface area contributed by atoms with E-state index in [1.807, 2.05) is 48.5 Å². The predicted molar refractivity (Wildman–Crippen MR) is 136 cm³/mol. The van der Waals surface area contributed by atoms with Gasteiger partial charge in [0.25, 0.3) is 0 Å². The normalized spacial score (nSPS) is 12.6. The summed E-state index contributed by atoms with van der Waals surface area (Å²) in [5.41, 5.74) is 3.59. The number of benzene rings is 3. The molecule has 1 aromatic heterocycles. The van der Waals surface area contributed by atoms with E-state index in [4.69, 9.17) is 9.15 Å². The summed E-state index contributed by atoms with van der Waals surface area (Å²) in [6.07, 6.45) is 1.05. The fraction of sp³-hybridized carbons (Fsp3) is 0.267. The first-order valence-electron chi connectivity index (χ1n) is 11.8. The molecule has 34 heavy (non-hydrogen) atoms. The second kappa shape index (κ2) is 11.2. The van der Waals surface area contributed by atoms with E-state index >= 15 is 0 Å². The van der Waals surface area contributed by atoms with Gasteiger partial charge in [0.1, 0.15) is 24.2 Å². The lowest BCUT2D eigenvalue weighted by molar-refractivity contribution is 0.0604. The number of furan rings is 1. The van der Waals surface area contributed by atoms with Crippen molar-refractivity contribution in [2.45, 2.75) is 38.5 Å². The van der Waals surface area contributed by atoms with Crippen molar-refractivity contribution < 1.29 is 14.3 Å². The lowest BCUT2D eigenvalue weighted by atomic mass is 9.78. The van der Waals surface area contributed by atoms with E-state index in [1.54, 1.807) is 6.26 Å². The van der Waals surface area contributed by atoms with Crippen LogP contribution in [0.1, 0.15) is 36.3 Å². The Labute approximate surface area is 202 Å². The van der Waals surface area contributed by atoms with Gasteiger partial charge in [-0.15, -0.1) is 0 Å². The van der Waals surface area contributed by atoms with Crippen LogP contribution in [0.3, 0.4) is 0 Å². The van der Waals surface area contributed by atoms with E-state index in [1.165, 1.54) is 16.7 Å². The van der Waals surface area contributed by atoms with E-state index in [-0.39, 0.29) is 12.0 Å². The van der Waals surface area contributed by atoms with E-state index in [9.17, 15) is 5.11 Å². The molecule has 0 amide bonds. The van der Waals surface area contributed by atoms with Crippen molar-refractivity contribution in [1.82, 2.24) is 4.90 Å². The molecule has 0 saturated carbocycles. The van der Waals surface area contributed by atoms with Crippen LogP contribution in [0.15, 0.2) is 108 Å². The molecule has 3 aromatic carbocycles. The molecule has 1 unspecified atom stereocenters. The Hall–Kier alpha value is -3.34. The van der Waals surface area contributed by atoms with Gasteiger partial charge >= 0.3 is 0 Å². The number of hydrogen-bond donors (Lipinski definition) is 1. The summed E-state index contributed by atoms with van der Waals surface area (Å²) < 4.78 is 11.5. The minimum absolute atomic E-state index is 0.0942. The number of rotatable bonds is 11. The molecule has 4 nitrogen and oxygen atoms in total. The van der Waals surface area contributed by atoms with Crippen LogP contribution < -0.4 is 4.74 Å². The van der Waals surface area contributed by atoms with Gasteiger partial charge in [0.15, 0.2) is 0 Å². The maximum Gasteiger partial charge on any atom is 0.119 e. The molecule has 4 heteroatoms. The van der Waals surface area contributed by atoms with Crippen LogP contribution >= 0.6 is 0 Å². The molecule has 0 aliphatic heterocycles. The van der Waals surface area contributed by atoms with Gasteiger partial charge in [-0.25, -0.2) is 0 Å². The van der Waals surface area contributed by atoms with E-state index in [0.717, 1.165) is 18.1 Å². The second-order valence-corrected chi connectivity index (χ2v) is 9.21. The fourth-order valence-corrected chi connectivity index (χ4v) is 4.18. The lowest BCUT2D eigenvalue weighted by Crippen LogP contribution is -2.35. The summed E-state index contributed by atoms with van der Waals surface area (Å²) in [7, 11) is 0. The highest BCUT2D eigenvalue weighted by atomic mass is 16.5. The van der Waals surface area contributed by atoms with Gasteiger partial charge in [-0.05, 0) is 41.0 Å². The van der Waals surface area contributed by atoms with Crippen LogP contribution in [0.2, 0.25) is 0 Å². The summed E-state index contributed by atoms with van der Waals surface area (Å²) in [5, 5.41) is 10.7. The van der Waals surface area contributed by atoms with Crippen LogP contribution in [-0.4, -0.2) is 29.3 Å². The summed E-state index contributed by atoms with van der Waals surface area (Å²) >= 11 is 0. The minimum Gasteiger partial charge on any atom is -0.491 e. The number of aliphatic hydroxyl groups is 1. The fourth-order valence-electron chi connectivity index (χ4n) is 4.18. The Morgan fingerprint density at radius 3 is 2.09 bits per heavy atom. The smallest absolute Gasteiger partial charge is 0.119 e. The molecule has 0 aliphatic rings. The number of nitrogens with zero attached hydrogens (tertiary/aromatic N) is 1. The lowest BCUT2D eigenvalue weighted by Gasteiger charge is -2.26. The Morgan fingerprint density at radius 2 is 1.44 bits per heavy atom. The summed E-state index contributed by atoms with van der Waals surface area (Å²) in [5.74, 6) is 1.63. The molecule has 176 valence electrons. The molecule has 4 aromatic rings. The highest BCUT2D eigenvalue weighted by Gasteiger charge is 2.22. The van der Waals surface area contributed by atoms with Crippen molar-refractivity contribution in [2.75, 3.05) is 13.2 Å². The van der Waals surface area contributed by atoms with Gasteiger partial charge in [-0.2, -0.15) is 0 Å². The van der Waals surface area contributed by atoms with E-state index in [2.05, 4.69) is 67.3 Å². The summed E-state index contributed by atoms with van der Waals surface area (Å²) in [6.45, 7) is 6.51. The van der Waals surface area contributed by atoms with Crippen LogP contribution in [0, 0.1) is 0 Å². The van der Waals surface area contributed by atoms with Crippen LogP contribution in [0.4, 0.5) is 0 Å². The molecule has 1 N–H and O–H groups in total. The topological polar surface area (TPSA) is 45.8 Å². The first kappa shape index (κ1) is 23.8. The average Bonchev–Trinajstić information content (AvgIpc) is 3.37. The van der Waals surface area contributed by atoms with Gasteiger partial charge < -0.3 is 14.3 Å². The molecule has 0 bridgehead atoms. The molecule has 0 spiro atoms. The predicted octanol–water partition coefficient (Wildman–Crippen LogP) is 6.05. The first-order chi connectivity index (χ1) is 16.5. The number of ether oxygens (including phenoxy) is 1. The summed E-state index contributed by atoms with van der Waals surface area (Å²) in [6, 6.07) is 32.8. The average molecular weight is 456 g/mol. The molecule has 0 fully saturated rings. The highest BCUT2D eigenvalue weighted by molar-refractivity contribution is 5.39. The van der Waals surface area contributed by atoms with E-state index in [0.29, 0.717) is 13.1 Å². The van der Waals surface area contributed by atoms with Crippen molar-refractivity contribution in [3.8, 4) is 5.75 Å². The molecule has 0 saturated heterocycles. The molecule has 0 aliphatic carbocycles.